The van der Waals surface area contributed by atoms with Crippen LogP contribution in [-0.4, -0.2) is 24.2 Å². The first kappa shape index (κ1) is 5.98. The summed E-state index contributed by atoms with van der Waals surface area (Å²) in [6, 6.07) is 0. The molecule has 1 rings (SSSR count). The Kier molecular flexibility index (Phi) is 1.81. The van der Waals surface area contributed by atoms with Crippen molar-refractivity contribution in [3.8, 4) is 0 Å². The number of hydrogen-bond acceptors (Lipinski definition) is 2. The maximum atomic E-state index is 12.0. The molecule has 0 aromatic carbocycles. The lowest BCUT2D eigenvalue weighted by Gasteiger charge is -2.02. The van der Waals surface area contributed by atoms with Crippen molar-refractivity contribution >= 4 is 0 Å². The summed E-state index contributed by atoms with van der Waals surface area (Å²) in [4.78, 5) is 0. The highest BCUT2D eigenvalue weighted by Crippen LogP contribution is 2.19. The van der Waals surface area contributed by atoms with Crippen molar-refractivity contribution in [2.24, 2.45) is 0 Å². The molecule has 48 valence electrons. The van der Waals surface area contributed by atoms with E-state index in [1.165, 1.54) is 0 Å². The van der Waals surface area contributed by atoms with Crippen molar-refractivity contribution in [1.29, 1.82) is 0 Å². The van der Waals surface area contributed by atoms with Crippen LogP contribution >= 0.6 is 0 Å². The second kappa shape index (κ2) is 2.42. The molecule has 2 nitrogen and oxygen atoms in total. The molecule has 2 atom stereocenters. The predicted octanol–water partition coefficient (Wildman–Crippen LogP) is 0.453. The summed E-state index contributed by atoms with van der Waals surface area (Å²) < 4.78 is 16.6. The summed E-state index contributed by atoms with van der Waals surface area (Å²) in [5.74, 6) is 0. The molecule has 1 N–H and O–H groups in total. The maximum absolute atomic E-state index is 12.0. The van der Waals surface area contributed by atoms with Crippen molar-refractivity contribution in [2.75, 3.05) is 6.61 Å². The minimum Gasteiger partial charge on any atom is -0.394 e. The van der Waals surface area contributed by atoms with Gasteiger partial charge in [-0.05, 0) is 6.42 Å². The van der Waals surface area contributed by atoms with E-state index in [2.05, 4.69) is 4.74 Å². The molecule has 1 aliphatic heterocycles. The average Bonchev–Trinajstić information content (AvgIpc) is 2.14. The van der Waals surface area contributed by atoms with Crippen LogP contribution < -0.4 is 0 Å². The van der Waals surface area contributed by atoms with E-state index in [-0.39, 0.29) is 12.7 Å². The Bertz CT molecular complexity index is 76.8. The first-order chi connectivity index (χ1) is 3.83. The van der Waals surface area contributed by atoms with Gasteiger partial charge in [-0.25, -0.2) is 4.39 Å². The fourth-order valence-corrected chi connectivity index (χ4v) is 0.796. The van der Waals surface area contributed by atoms with Gasteiger partial charge in [-0.15, -0.1) is 0 Å². The Morgan fingerprint density at radius 3 is 2.62 bits per heavy atom. The second-order valence-corrected chi connectivity index (χ2v) is 1.93. The summed E-state index contributed by atoms with van der Waals surface area (Å²) >= 11 is 0. The van der Waals surface area contributed by atoms with Gasteiger partial charge in [0, 0.05) is 6.42 Å². The van der Waals surface area contributed by atoms with E-state index in [1.54, 1.807) is 0 Å². The van der Waals surface area contributed by atoms with Gasteiger partial charge in [0.1, 0.15) is 0 Å². The summed E-state index contributed by atoms with van der Waals surface area (Å²) in [6.07, 6.45) is -0.291. The lowest BCUT2D eigenvalue weighted by atomic mass is 10.2. The van der Waals surface area contributed by atoms with Gasteiger partial charge in [0.05, 0.1) is 12.7 Å². The Morgan fingerprint density at radius 1 is 1.62 bits per heavy atom. The van der Waals surface area contributed by atoms with Crippen LogP contribution in [0.4, 0.5) is 4.39 Å². The Balaban J connectivity index is 2.22. The zero-order valence-electron chi connectivity index (χ0n) is 4.51. The van der Waals surface area contributed by atoms with Gasteiger partial charge < -0.3 is 9.84 Å². The van der Waals surface area contributed by atoms with Crippen LogP contribution in [-0.2, 0) is 4.74 Å². The molecule has 8 heavy (non-hydrogen) atoms. The summed E-state index contributed by atoms with van der Waals surface area (Å²) in [5.41, 5.74) is 0. The van der Waals surface area contributed by atoms with E-state index in [0.29, 0.717) is 12.8 Å². The van der Waals surface area contributed by atoms with Gasteiger partial charge in [-0.3, -0.25) is 0 Å². The predicted molar refractivity (Wildman–Crippen MR) is 26.1 cm³/mol. The first-order valence-electron chi connectivity index (χ1n) is 2.73. The SMILES string of the molecule is OC[C@@H]1CC[C@H](F)O1. The molecule has 0 amide bonds. The zero-order valence-corrected chi connectivity index (χ0v) is 4.51. The molecular formula is C5H9FO2. The molecule has 0 radical (unpaired) electrons. The minimum absolute atomic E-state index is 0.0551. The Hall–Kier alpha value is -0.150. The summed E-state index contributed by atoms with van der Waals surface area (Å²) in [5, 5.41) is 8.39. The zero-order chi connectivity index (χ0) is 5.98. The molecule has 0 aromatic rings. The lowest BCUT2D eigenvalue weighted by Crippen LogP contribution is -2.11. The lowest BCUT2D eigenvalue weighted by molar-refractivity contribution is -0.0514. The highest BCUT2D eigenvalue weighted by molar-refractivity contribution is 4.65. The molecule has 0 aliphatic carbocycles. The van der Waals surface area contributed by atoms with E-state index in [1.807, 2.05) is 0 Å². The molecule has 1 heterocycles. The van der Waals surface area contributed by atoms with Crippen LogP contribution in [0.5, 0.6) is 0 Å². The molecule has 0 spiro atoms. The van der Waals surface area contributed by atoms with E-state index in [0.717, 1.165) is 0 Å². The molecule has 1 saturated heterocycles. The van der Waals surface area contributed by atoms with Crippen LogP contribution in [0.2, 0.25) is 0 Å². The highest BCUT2D eigenvalue weighted by Gasteiger charge is 2.23. The number of rotatable bonds is 1. The first-order valence-corrected chi connectivity index (χ1v) is 2.73. The number of alkyl halides is 1. The topological polar surface area (TPSA) is 29.5 Å². The standard InChI is InChI=1S/C5H9FO2/c6-5-2-1-4(3-7)8-5/h4-5,7H,1-3H2/t4-,5+/m0/s1. The molecule has 0 aromatic heterocycles. The molecule has 1 aliphatic rings. The molecule has 0 bridgehead atoms. The number of ether oxygens (including phenoxy) is 1. The van der Waals surface area contributed by atoms with E-state index in [4.69, 9.17) is 5.11 Å². The number of aliphatic hydroxyl groups excluding tert-OH is 1. The van der Waals surface area contributed by atoms with Crippen LogP contribution in [0.3, 0.4) is 0 Å². The van der Waals surface area contributed by atoms with Crippen LogP contribution in [0, 0.1) is 0 Å². The minimum atomic E-state index is -1.13. The van der Waals surface area contributed by atoms with Crippen molar-refractivity contribution in [3.63, 3.8) is 0 Å². The third kappa shape index (κ3) is 1.17. The van der Waals surface area contributed by atoms with E-state index < -0.39 is 6.36 Å². The average molecular weight is 120 g/mol. The second-order valence-electron chi connectivity index (χ2n) is 1.93. The van der Waals surface area contributed by atoms with Crippen molar-refractivity contribution in [2.45, 2.75) is 25.3 Å². The fourth-order valence-electron chi connectivity index (χ4n) is 0.796. The smallest absolute Gasteiger partial charge is 0.199 e. The van der Waals surface area contributed by atoms with Crippen molar-refractivity contribution in [3.05, 3.63) is 0 Å². The highest BCUT2D eigenvalue weighted by atomic mass is 19.1. The van der Waals surface area contributed by atoms with Crippen molar-refractivity contribution in [1.82, 2.24) is 0 Å². The monoisotopic (exact) mass is 120 g/mol. The molecule has 0 saturated carbocycles. The van der Waals surface area contributed by atoms with Gasteiger partial charge in [0.25, 0.3) is 0 Å². The normalized spacial score (nSPS) is 38.2. The van der Waals surface area contributed by atoms with Gasteiger partial charge in [0.2, 0.25) is 0 Å². The van der Waals surface area contributed by atoms with Crippen molar-refractivity contribution < 1.29 is 14.2 Å². The van der Waals surface area contributed by atoms with Crippen LogP contribution in [0.1, 0.15) is 12.8 Å². The molecule has 0 unspecified atom stereocenters. The molecule has 1 fully saturated rings. The van der Waals surface area contributed by atoms with E-state index in [9.17, 15) is 4.39 Å². The summed E-state index contributed by atoms with van der Waals surface area (Å²) in [6.45, 7) is -0.0551. The maximum Gasteiger partial charge on any atom is 0.199 e. The van der Waals surface area contributed by atoms with Gasteiger partial charge in [-0.1, -0.05) is 0 Å². The number of aliphatic hydroxyl groups is 1. The molecular weight excluding hydrogens is 111 g/mol. The van der Waals surface area contributed by atoms with Gasteiger partial charge in [0.15, 0.2) is 6.36 Å². The summed E-state index contributed by atoms with van der Waals surface area (Å²) in [7, 11) is 0. The largest absolute Gasteiger partial charge is 0.394 e. The van der Waals surface area contributed by atoms with Gasteiger partial charge in [-0.2, -0.15) is 0 Å². The third-order valence-electron chi connectivity index (χ3n) is 1.26. The quantitative estimate of drug-likeness (QED) is 0.544. The number of hydrogen-bond donors (Lipinski definition) is 1. The molecule has 3 heteroatoms. The number of halogens is 1. The Morgan fingerprint density at radius 2 is 2.38 bits per heavy atom. The third-order valence-corrected chi connectivity index (χ3v) is 1.26. The van der Waals surface area contributed by atoms with Crippen LogP contribution in [0.15, 0.2) is 0 Å². The van der Waals surface area contributed by atoms with E-state index >= 15 is 0 Å². The fraction of sp³-hybridized carbons (Fsp3) is 1.00. The van der Waals surface area contributed by atoms with Gasteiger partial charge >= 0.3 is 0 Å². The Labute approximate surface area is 47.3 Å². The van der Waals surface area contributed by atoms with Crippen LogP contribution in [0.25, 0.3) is 0 Å².